The van der Waals surface area contributed by atoms with Crippen molar-refractivity contribution >= 4 is 29.6 Å². The number of nitrogens with zero attached hydrogens (tertiary/aromatic N) is 1. The molecule has 4 amide bonds. The maximum absolute atomic E-state index is 12.6. The summed E-state index contributed by atoms with van der Waals surface area (Å²) in [6, 6.07) is -2.34. The fraction of sp³-hybridized carbons (Fsp3) is 0.750. The van der Waals surface area contributed by atoms with E-state index in [1.165, 1.54) is 4.90 Å². The number of hydrogen-bond donors (Lipinski definition) is 6. The van der Waals surface area contributed by atoms with Gasteiger partial charge >= 0.3 is 5.97 Å². The van der Waals surface area contributed by atoms with Gasteiger partial charge < -0.3 is 37.4 Å². The number of carboxylic acids is 1. The molecule has 8 N–H and O–H groups in total. The lowest BCUT2D eigenvalue weighted by Gasteiger charge is -2.28. The van der Waals surface area contributed by atoms with Gasteiger partial charge in [0.05, 0.1) is 12.6 Å². The smallest absolute Gasteiger partial charge is 0.322 e. The molecule has 0 aromatic carbocycles. The quantitative estimate of drug-likeness (QED) is 0.169. The number of nitrogens with two attached hydrogens (primary N) is 2. The van der Waals surface area contributed by atoms with Gasteiger partial charge in [-0.25, -0.2) is 0 Å². The highest BCUT2D eigenvalue weighted by molar-refractivity contribution is 5.94. The minimum absolute atomic E-state index is 0.0685. The number of carbonyl (C=O) groups is 5. The lowest BCUT2D eigenvalue weighted by molar-refractivity contribution is -0.140. The van der Waals surface area contributed by atoms with Crippen molar-refractivity contribution in [2.45, 2.75) is 64.1 Å². The lowest BCUT2D eigenvalue weighted by Crippen LogP contribution is -2.54. The van der Waals surface area contributed by atoms with Crippen molar-refractivity contribution in [1.82, 2.24) is 20.9 Å². The van der Waals surface area contributed by atoms with Crippen LogP contribution in [0.5, 0.6) is 0 Å². The average Bonchev–Trinajstić information content (AvgIpc) is 3.24. The Balaban J connectivity index is 2.62. The van der Waals surface area contributed by atoms with Crippen LogP contribution < -0.4 is 27.4 Å². The normalized spacial score (nSPS) is 17.5. The monoisotopic (exact) mass is 456 g/mol. The minimum Gasteiger partial charge on any atom is -0.480 e. The van der Waals surface area contributed by atoms with E-state index in [4.69, 9.17) is 16.6 Å². The predicted octanol–water partition coefficient (Wildman–Crippen LogP) is -2.11. The number of carboxylic acid groups (broad SMARTS) is 1. The van der Waals surface area contributed by atoms with Crippen molar-refractivity contribution in [1.29, 1.82) is 0 Å². The van der Waals surface area contributed by atoms with Crippen LogP contribution in [-0.2, 0) is 24.0 Å². The van der Waals surface area contributed by atoms with Crippen LogP contribution in [0.2, 0.25) is 0 Å². The first-order chi connectivity index (χ1) is 15.1. The highest BCUT2D eigenvalue weighted by Crippen LogP contribution is 2.19. The van der Waals surface area contributed by atoms with E-state index in [9.17, 15) is 24.0 Å². The first-order valence-corrected chi connectivity index (χ1v) is 10.9. The van der Waals surface area contributed by atoms with Crippen molar-refractivity contribution < 1.29 is 29.1 Å². The summed E-state index contributed by atoms with van der Waals surface area (Å²) in [6.45, 7) is 3.56. The van der Waals surface area contributed by atoms with E-state index in [2.05, 4.69) is 16.0 Å². The Kier molecular flexibility index (Phi) is 11.6. The third kappa shape index (κ3) is 8.79. The van der Waals surface area contributed by atoms with Gasteiger partial charge in [0.15, 0.2) is 0 Å². The Bertz CT molecular complexity index is 685. The van der Waals surface area contributed by atoms with Crippen molar-refractivity contribution in [3.63, 3.8) is 0 Å². The molecule has 0 unspecified atom stereocenters. The van der Waals surface area contributed by atoms with Crippen LogP contribution in [0.25, 0.3) is 0 Å². The summed E-state index contributed by atoms with van der Waals surface area (Å²) in [4.78, 5) is 61.7. The SMILES string of the molecule is CC(C)[C@H](N)C(=O)N1CCC[C@H]1C(=O)NCC(=O)N[C@@H](CCCCN)C(=O)NCC(=O)O. The van der Waals surface area contributed by atoms with Gasteiger partial charge in [0.25, 0.3) is 0 Å². The van der Waals surface area contributed by atoms with Crippen LogP contribution in [0.15, 0.2) is 0 Å². The summed E-state index contributed by atoms with van der Waals surface area (Å²) in [7, 11) is 0. The molecular weight excluding hydrogens is 420 g/mol. The average molecular weight is 457 g/mol. The number of likely N-dealkylation sites (tertiary alicyclic amines) is 1. The highest BCUT2D eigenvalue weighted by atomic mass is 16.4. The van der Waals surface area contributed by atoms with Gasteiger partial charge in [0.1, 0.15) is 18.6 Å². The Morgan fingerprint density at radius 2 is 1.78 bits per heavy atom. The largest absolute Gasteiger partial charge is 0.480 e. The van der Waals surface area contributed by atoms with Crippen LogP contribution in [0.1, 0.15) is 46.0 Å². The van der Waals surface area contributed by atoms with Crippen LogP contribution in [0.3, 0.4) is 0 Å². The fourth-order valence-electron chi connectivity index (χ4n) is 3.36. The molecule has 1 aliphatic rings. The van der Waals surface area contributed by atoms with Crippen molar-refractivity contribution in [2.24, 2.45) is 17.4 Å². The Hall–Kier alpha value is -2.73. The van der Waals surface area contributed by atoms with E-state index in [-0.39, 0.29) is 24.8 Å². The summed E-state index contributed by atoms with van der Waals surface area (Å²) < 4.78 is 0. The van der Waals surface area contributed by atoms with Crippen molar-refractivity contribution in [3.8, 4) is 0 Å². The first-order valence-electron chi connectivity index (χ1n) is 10.9. The number of aliphatic carboxylic acids is 1. The number of amides is 4. The zero-order valence-electron chi connectivity index (χ0n) is 18.8. The predicted molar refractivity (Wildman–Crippen MR) is 116 cm³/mol. The van der Waals surface area contributed by atoms with E-state index in [0.29, 0.717) is 38.8 Å². The summed E-state index contributed by atoms with van der Waals surface area (Å²) in [5.41, 5.74) is 11.4. The number of carbonyl (C=O) groups excluding carboxylic acids is 4. The summed E-state index contributed by atoms with van der Waals surface area (Å²) in [5, 5.41) is 16.0. The molecule has 1 rings (SSSR count). The number of hydrogen-bond acceptors (Lipinski definition) is 7. The molecule has 3 atom stereocenters. The Labute approximate surface area is 187 Å². The highest BCUT2D eigenvalue weighted by Gasteiger charge is 2.37. The summed E-state index contributed by atoms with van der Waals surface area (Å²) >= 11 is 0. The molecule has 12 nitrogen and oxygen atoms in total. The van der Waals surface area contributed by atoms with Gasteiger partial charge in [0.2, 0.25) is 23.6 Å². The molecule has 182 valence electrons. The zero-order chi connectivity index (χ0) is 24.3. The summed E-state index contributed by atoms with van der Waals surface area (Å²) in [6.07, 6.45) is 2.61. The van der Waals surface area contributed by atoms with E-state index >= 15 is 0 Å². The minimum atomic E-state index is -1.20. The zero-order valence-corrected chi connectivity index (χ0v) is 18.8. The second-order valence-corrected chi connectivity index (χ2v) is 8.19. The molecule has 1 fully saturated rings. The molecule has 1 heterocycles. The van der Waals surface area contributed by atoms with Gasteiger partial charge in [0, 0.05) is 6.54 Å². The molecular formula is C20H36N6O6. The summed E-state index contributed by atoms with van der Waals surface area (Å²) in [5.74, 6) is -3.25. The topological polar surface area (TPSA) is 197 Å². The van der Waals surface area contributed by atoms with E-state index in [0.717, 1.165) is 0 Å². The molecule has 1 saturated heterocycles. The van der Waals surface area contributed by atoms with Gasteiger partial charge in [-0.2, -0.15) is 0 Å². The van der Waals surface area contributed by atoms with Crippen molar-refractivity contribution in [2.75, 3.05) is 26.2 Å². The molecule has 0 radical (unpaired) electrons. The second-order valence-electron chi connectivity index (χ2n) is 8.19. The maximum Gasteiger partial charge on any atom is 0.322 e. The van der Waals surface area contributed by atoms with Crippen molar-refractivity contribution in [3.05, 3.63) is 0 Å². The van der Waals surface area contributed by atoms with E-state index in [1.54, 1.807) is 0 Å². The van der Waals surface area contributed by atoms with E-state index in [1.807, 2.05) is 13.8 Å². The molecule has 0 aromatic rings. The van der Waals surface area contributed by atoms with Gasteiger partial charge in [-0.05, 0) is 44.6 Å². The molecule has 0 bridgehead atoms. The molecule has 0 spiro atoms. The third-order valence-corrected chi connectivity index (χ3v) is 5.28. The van der Waals surface area contributed by atoms with Gasteiger partial charge in [-0.1, -0.05) is 13.8 Å². The Morgan fingerprint density at radius 3 is 2.38 bits per heavy atom. The number of nitrogens with one attached hydrogen (secondary N) is 3. The van der Waals surface area contributed by atoms with Crippen LogP contribution >= 0.6 is 0 Å². The van der Waals surface area contributed by atoms with Crippen LogP contribution in [0, 0.1) is 5.92 Å². The van der Waals surface area contributed by atoms with Gasteiger partial charge in [-0.3, -0.25) is 24.0 Å². The molecule has 0 aromatic heterocycles. The number of rotatable bonds is 13. The fourth-order valence-corrected chi connectivity index (χ4v) is 3.36. The Morgan fingerprint density at radius 1 is 1.09 bits per heavy atom. The molecule has 32 heavy (non-hydrogen) atoms. The number of unbranched alkanes of at least 4 members (excludes halogenated alkanes) is 1. The van der Waals surface area contributed by atoms with Crippen LogP contribution in [0.4, 0.5) is 0 Å². The maximum atomic E-state index is 12.6. The van der Waals surface area contributed by atoms with E-state index < -0.39 is 48.4 Å². The second kappa shape index (κ2) is 13.6. The van der Waals surface area contributed by atoms with Crippen LogP contribution in [-0.4, -0.2) is 83.9 Å². The standard InChI is InChI=1S/C20H36N6O6/c1-12(2)17(22)20(32)26-9-5-7-14(26)19(31)23-10-15(27)25-13(6-3-4-8-21)18(30)24-11-16(28)29/h12-14,17H,3-11,21-22H2,1-2H3,(H,23,31)(H,24,30)(H,25,27)(H,28,29)/t13-,14-,17-/m0/s1. The molecule has 1 aliphatic heterocycles. The third-order valence-electron chi connectivity index (χ3n) is 5.28. The molecule has 12 heteroatoms. The lowest BCUT2D eigenvalue weighted by atomic mass is 10.0. The van der Waals surface area contributed by atoms with Gasteiger partial charge in [-0.15, -0.1) is 0 Å². The molecule has 0 saturated carbocycles. The first kappa shape index (κ1) is 27.3. The molecule has 0 aliphatic carbocycles.